The summed E-state index contributed by atoms with van der Waals surface area (Å²) < 4.78 is 31.8. The first-order valence-corrected chi connectivity index (χ1v) is 15.4. The average molecular weight is 682 g/mol. The third kappa shape index (κ3) is 6.64. The van der Waals surface area contributed by atoms with E-state index in [1.54, 1.807) is 6.07 Å². The number of halogens is 3. The van der Waals surface area contributed by atoms with Crippen molar-refractivity contribution in [3.05, 3.63) is 75.1 Å². The lowest BCUT2D eigenvalue weighted by molar-refractivity contribution is -0.117. The second-order valence-corrected chi connectivity index (χ2v) is 12.7. The van der Waals surface area contributed by atoms with Gasteiger partial charge in [0.25, 0.3) is 5.91 Å². The number of carbonyl (C=O) groups is 2. The van der Waals surface area contributed by atoms with Gasteiger partial charge in [-0.3, -0.25) is 14.6 Å². The van der Waals surface area contributed by atoms with Crippen molar-refractivity contribution in [3.8, 4) is 5.75 Å². The quantitative estimate of drug-likeness (QED) is 0.316. The molecule has 3 heterocycles. The van der Waals surface area contributed by atoms with Crippen LogP contribution in [0.4, 0.5) is 11.5 Å². The predicted molar refractivity (Wildman–Crippen MR) is 159 cm³/mol. The van der Waals surface area contributed by atoms with Crippen molar-refractivity contribution in [2.45, 2.75) is 38.3 Å². The Balaban J connectivity index is 1.45. The van der Waals surface area contributed by atoms with Gasteiger partial charge in [-0.15, -0.1) is 0 Å². The van der Waals surface area contributed by atoms with E-state index in [2.05, 4.69) is 41.6 Å². The number of benzene rings is 1. The van der Waals surface area contributed by atoms with E-state index in [9.17, 15) is 18.0 Å². The molecule has 1 aromatic carbocycles. The normalized spacial score (nSPS) is 17.5. The molecule has 5 rings (SSSR count). The lowest BCUT2D eigenvalue weighted by Crippen LogP contribution is -2.40. The molecule has 2 aromatic heterocycles. The van der Waals surface area contributed by atoms with Crippen molar-refractivity contribution in [2.24, 2.45) is 11.0 Å². The smallest absolute Gasteiger partial charge is 0.354 e. The zero-order valence-electron chi connectivity index (χ0n) is 21.4. The molecule has 1 aliphatic heterocycles. The zero-order chi connectivity index (χ0) is 29.3. The number of aromatic nitrogens is 2. The molecule has 1 fully saturated rings. The number of anilines is 2. The van der Waals surface area contributed by atoms with Gasteiger partial charge in [-0.1, -0.05) is 23.2 Å². The van der Waals surface area contributed by atoms with Crippen LogP contribution in [0.2, 0.25) is 10.0 Å². The van der Waals surface area contributed by atoms with Gasteiger partial charge in [0, 0.05) is 34.4 Å². The SMILES string of the molecule is CC(NC(=O)c1cc(Cl)cc(Br)c1NC(=O)C1CC(S(=O)(=O)Oc2cccnc2)=NN1c1ncccc1Cl)C1CC1. The molecule has 0 saturated heterocycles. The van der Waals surface area contributed by atoms with Crippen molar-refractivity contribution in [3.63, 3.8) is 0 Å². The van der Waals surface area contributed by atoms with Crippen molar-refractivity contribution >= 4 is 77.6 Å². The van der Waals surface area contributed by atoms with E-state index in [0.717, 1.165) is 17.9 Å². The number of carbonyl (C=O) groups excluding carboxylic acids is 2. The molecule has 2 aliphatic rings. The highest BCUT2D eigenvalue weighted by Crippen LogP contribution is 2.36. The molecule has 2 N–H and O–H groups in total. The largest absolute Gasteiger partial charge is 0.376 e. The maximum absolute atomic E-state index is 13.8. The second-order valence-electron chi connectivity index (χ2n) is 9.49. The highest BCUT2D eigenvalue weighted by molar-refractivity contribution is 9.10. The van der Waals surface area contributed by atoms with Crippen molar-refractivity contribution in [1.82, 2.24) is 15.3 Å². The number of hydrogen-bond acceptors (Lipinski definition) is 9. The Bertz CT molecular complexity index is 1640. The minimum atomic E-state index is -4.43. The summed E-state index contributed by atoms with van der Waals surface area (Å²) in [6.45, 7) is 1.92. The fraction of sp³-hybridized carbons (Fsp3) is 0.269. The van der Waals surface area contributed by atoms with Crippen LogP contribution in [0.25, 0.3) is 0 Å². The van der Waals surface area contributed by atoms with Gasteiger partial charge in [-0.2, -0.15) is 13.5 Å². The highest BCUT2D eigenvalue weighted by atomic mass is 79.9. The first kappa shape index (κ1) is 29.2. The summed E-state index contributed by atoms with van der Waals surface area (Å²) in [5.74, 6) is -0.641. The molecule has 1 saturated carbocycles. The van der Waals surface area contributed by atoms with Gasteiger partial charge in [0.05, 0.1) is 22.5 Å². The lowest BCUT2D eigenvalue weighted by atomic mass is 10.1. The van der Waals surface area contributed by atoms with Crippen LogP contribution in [0.3, 0.4) is 0 Å². The maximum atomic E-state index is 13.8. The van der Waals surface area contributed by atoms with Crippen LogP contribution >= 0.6 is 39.1 Å². The van der Waals surface area contributed by atoms with Gasteiger partial charge in [-0.05, 0) is 78.0 Å². The van der Waals surface area contributed by atoms with E-state index < -0.39 is 33.0 Å². The molecule has 41 heavy (non-hydrogen) atoms. The Morgan fingerprint density at radius 3 is 2.61 bits per heavy atom. The number of hydrogen-bond donors (Lipinski definition) is 2. The Hall–Kier alpha value is -3.26. The predicted octanol–water partition coefficient (Wildman–Crippen LogP) is 5.01. The molecule has 1 aliphatic carbocycles. The highest BCUT2D eigenvalue weighted by Gasteiger charge is 2.41. The zero-order valence-corrected chi connectivity index (χ0v) is 25.3. The molecule has 0 radical (unpaired) electrons. The topological polar surface area (TPSA) is 143 Å². The summed E-state index contributed by atoms with van der Waals surface area (Å²) in [6, 6.07) is 7.78. The molecule has 214 valence electrons. The molecule has 0 spiro atoms. The van der Waals surface area contributed by atoms with E-state index in [4.69, 9.17) is 27.4 Å². The van der Waals surface area contributed by atoms with Gasteiger partial charge in [0.15, 0.2) is 16.6 Å². The summed E-state index contributed by atoms with van der Waals surface area (Å²) in [7, 11) is -4.43. The molecular formula is C26H23BrCl2N6O5S. The fourth-order valence-electron chi connectivity index (χ4n) is 4.24. The minimum absolute atomic E-state index is 0.0216. The number of rotatable bonds is 8. The van der Waals surface area contributed by atoms with Crippen molar-refractivity contribution in [1.29, 1.82) is 0 Å². The summed E-state index contributed by atoms with van der Waals surface area (Å²) in [4.78, 5) is 35.0. The molecule has 11 nitrogen and oxygen atoms in total. The van der Waals surface area contributed by atoms with Crippen LogP contribution in [-0.4, -0.2) is 47.3 Å². The Labute approximate surface area is 254 Å². The fourth-order valence-corrected chi connectivity index (χ4v) is 6.35. The van der Waals surface area contributed by atoms with E-state index in [1.807, 2.05) is 6.92 Å². The van der Waals surface area contributed by atoms with Crippen molar-refractivity contribution < 1.29 is 22.2 Å². The molecule has 15 heteroatoms. The summed E-state index contributed by atoms with van der Waals surface area (Å²) in [5.41, 5.74) is 0.300. The molecule has 3 aromatic rings. The number of hydrazone groups is 1. The number of nitrogens with zero attached hydrogens (tertiary/aromatic N) is 4. The standard InChI is InChI=1S/C26H23BrCl2N6O5S/c1-14(15-6-7-15)32-25(36)18-10-16(28)11-19(27)23(18)33-26(37)21-12-22(34-35(21)24-20(29)5-3-9-31-24)41(38,39)40-17-4-2-8-30-13-17/h2-5,8-11,13-15,21H,6-7,12H2,1H3,(H,32,36)(H,33,37). The van der Waals surface area contributed by atoms with Gasteiger partial charge < -0.3 is 14.8 Å². The summed E-state index contributed by atoms with van der Waals surface area (Å²) in [6.07, 6.45) is 5.84. The molecule has 0 bridgehead atoms. The van der Waals surface area contributed by atoms with Gasteiger partial charge in [-0.25, -0.2) is 9.99 Å². The van der Waals surface area contributed by atoms with Crippen molar-refractivity contribution in [2.75, 3.05) is 10.3 Å². The van der Waals surface area contributed by atoms with Crippen LogP contribution in [0.15, 0.2) is 64.6 Å². The lowest BCUT2D eigenvalue weighted by Gasteiger charge is -2.23. The first-order valence-electron chi connectivity index (χ1n) is 12.5. The number of nitrogens with one attached hydrogen (secondary N) is 2. The third-order valence-corrected chi connectivity index (χ3v) is 8.88. The Kier molecular flexibility index (Phi) is 8.50. The second kappa shape index (κ2) is 11.9. The van der Waals surface area contributed by atoms with Crippen LogP contribution in [-0.2, 0) is 14.9 Å². The number of pyridine rings is 2. The van der Waals surface area contributed by atoms with E-state index in [0.29, 0.717) is 10.4 Å². The molecular weight excluding hydrogens is 659 g/mol. The third-order valence-electron chi connectivity index (χ3n) is 6.51. The average Bonchev–Trinajstić information content (AvgIpc) is 3.68. The molecule has 2 atom stereocenters. The monoisotopic (exact) mass is 680 g/mol. The van der Waals surface area contributed by atoms with Gasteiger partial charge in [0.2, 0.25) is 5.91 Å². The molecule has 2 amide bonds. The minimum Gasteiger partial charge on any atom is -0.376 e. The first-order chi connectivity index (χ1) is 19.5. The van der Waals surface area contributed by atoms with E-state index in [-0.39, 0.29) is 45.3 Å². The van der Waals surface area contributed by atoms with Crippen LogP contribution < -0.4 is 19.8 Å². The Morgan fingerprint density at radius 1 is 1.17 bits per heavy atom. The van der Waals surface area contributed by atoms with E-state index >= 15 is 0 Å². The maximum Gasteiger partial charge on any atom is 0.354 e. The van der Waals surface area contributed by atoms with Gasteiger partial charge >= 0.3 is 10.1 Å². The van der Waals surface area contributed by atoms with Gasteiger partial charge in [0.1, 0.15) is 6.04 Å². The molecule has 2 unspecified atom stereocenters. The summed E-state index contributed by atoms with van der Waals surface area (Å²) >= 11 is 16.0. The van der Waals surface area contributed by atoms with Crippen LogP contribution in [0, 0.1) is 5.92 Å². The Morgan fingerprint density at radius 2 is 1.93 bits per heavy atom. The van der Waals surface area contributed by atoms with E-state index in [1.165, 1.54) is 48.9 Å². The van der Waals surface area contributed by atoms with Crippen LogP contribution in [0.5, 0.6) is 5.75 Å². The number of amides is 2. The van der Waals surface area contributed by atoms with Crippen LogP contribution in [0.1, 0.15) is 36.5 Å². The summed E-state index contributed by atoms with van der Waals surface area (Å²) in [5, 5.41) is 11.0.